The van der Waals surface area contributed by atoms with Crippen LogP contribution in [-0.4, -0.2) is 55.9 Å². The number of aromatic nitrogens is 2. The molecule has 0 aromatic carbocycles. The Kier molecular flexibility index (Phi) is 3.60. The van der Waals surface area contributed by atoms with Crippen molar-refractivity contribution in [3.63, 3.8) is 0 Å². The fourth-order valence-corrected chi connectivity index (χ4v) is 4.26. The first-order chi connectivity index (χ1) is 10.0. The van der Waals surface area contributed by atoms with Gasteiger partial charge in [-0.1, -0.05) is 6.07 Å². The van der Waals surface area contributed by atoms with Crippen LogP contribution in [0.2, 0.25) is 0 Å². The van der Waals surface area contributed by atoms with Gasteiger partial charge in [0.05, 0.1) is 0 Å². The van der Waals surface area contributed by atoms with Crippen molar-refractivity contribution in [3.05, 3.63) is 24.4 Å². The number of likely N-dealkylation sites (N-methyl/N-ethyl adjacent to an activating group) is 1. The van der Waals surface area contributed by atoms with E-state index in [1.807, 2.05) is 13.1 Å². The average Bonchev–Trinajstić information content (AvgIpc) is 3.01. The molecule has 1 fully saturated rings. The number of fused-ring (bicyclic) bond motifs is 1. The summed E-state index contributed by atoms with van der Waals surface area (Å²) in [7, 11) is 0.0266. The van der Waals surface area contributed by atoms with Crippen LogP contribution in [0.5, 0.6) is 0 Å². The largest absolute Gasteiger partial charge is 0.371 e. The van der Waals surface area contributed by atoms with E-state index in [0.29, 0.717) is 11.5 Å². The number of hydrogen-bond acceptors (Lipinski definition) is 5. The minimum absolute atomic E-state index is 0.0565. The number of anilines is 1. The molecule has 7 nitrogen and oxygen atoms in total. The second-order valence-electron chi connectivity index (χ2n) is 5.31. The summed E-state index contributed by atoms with van der Waals surface area (Å²) in [6, 6.07) is 5.34. The Hall–Kier alpha value is -1.64. The predicted molar refractivity (Wildman–Crippen MR) is 81.0 cm³/mol. The summed E-state index contributed by atoms with van der Waals surface area (Å²) >= 11 is 0. The van der Waals surface area contributed by atoms with E-state index < -0.39 is 10.0 Å². The van der Waals surface area contributed by atoms with Gasteiger partial charge in [-0.2, -0.15) is 0 Å². The maximum Gasteiger partial charge on any atom is 0.260 e. The molecule has 2 aromatic rings. The third kappa shape index (κ3) is 2.61. The third-order valence-corrected chi connectivity index (χ3v) is 5.23. The molecule has 0 amide bonds. The summed E-state index contributed by atoms with van der Waals surface area (Å²) < 4.78 is 29.8. The summed E-state index contributed by atoms with van der Waals surface area (Å²) in [5.41, 5.74) is 0.603. The van der Waals surface area contributed by atoms with Crippen molar-refractivity contribution in [3.8, 4) is 0 Å². The molecule has 0 bridgehead atoms. The van der Waals surface area contributed by atoms with E-state index in [0.717, 1.165) is 19.5 Å². The molecule has 2 aromatic heterocycles. The van der Waals surface area contributed by atoms with Crippen LogP contribution in [0.3, 0.4) is 0 Å². The molecule has 0 saturated carbocycles. The van der Waals surface area contributed by atoms with E-state index >= 15 is 0 Å². The molecule has 1 saturated heterocycles. The quantitative estimate of drug-likeness (QED) is 0.852. The zero-order valence-electron chi connectivity index (χ0n) is 12.1. The Labute approximate surface area is 124 Å². The summed E-state index contributed by atoms with van der Waals surface area (Å²) in [6.07, 6.45) is 2.53. The SMILES string of the molecule is CNc1nc2ccccn2c1S(=O)(=O)NC1CCN(C)C1. The predicted octanol–water partition coefficient (Wildman–Crippen LogP) is 0.358. The molecule has 0 aliphatic carbocycles. The molecule has 1 aliphatic rings. The lowest BCUT2D eigenvalue weighted by molar-refractivity contribution is 0.407. The van der Waals surface area contributed by atoms with Crippen molar-refractivity contribution in [1.82, 2.24) is 19.0 Å². The van der Waals surface area contributed by atoms with Crippen molar-refractivity contribution >= 4 is 21.5 Å². The van der Waals surface area contributed by atoms with E-state index in [4.69, 9.17) is 0 Å². The van der Waals surface area contributed by atoms with Gasteiger partial charge in [0.25, 0.3) is 10.0 Å². The highest BCUT2D eigenvalue weighted by Crippen LogP contribution is 2.23. The van der Waals surface area contributed by atoms with Gasteiger partial charge in [-0.25, -0.2) is 18.1 Å². The van der Waals surface area contributed by atoms with Gasteiger partial charge >= 0.3 is 0 Å². The van der Waals surface area contributed by atoms with Crippen LogP contribution in [-0.2, 0) is 10.0 Å². The van der Waals surface area contributed by atoms with Gasteiger partial charge in [0.2, 0.25) is 0 Å². The lowest BCUT2D eigenvalue weighted by Crippen LogP contribution is -2.37. The maximum absolute atomic E-state index is 12.7. The molecular weight excluding hydrogens is 290 g/mol. The second-order valence-corrected chi connectivity index (χ2v) is 6.94. The van der Waals surface area contributed by atoms with Crippen LogP contribution in [0.1, 0.15) is 6.42 Å². The van der Waals surface area contributed by atoms with Crippen LogP contribution in [0, 0.1) is 0 Å². The van der Waals surface area contributed by atoms with Gasteiger partial charge in [-0.05, 0) is 32.1 Å². The molecule has 2 N–H and O–H groups in total. The van der Waals surface area contributed by atoms with Gasteiger partial charge < -0.3 is 10.2 Å². The van der Waals surface area contributed by atoms with Crippen LogP contribution in [0.15, 0.2) is 29.4 Å². The minimum atomic E-state index is -3.63. The highest BCUT2D eigenvalue weighted by molar-refractivity contribution is 7.89. The van der Waals surface area contributed by atoms with Gasteiger partial charge in [0.1, 0.15) is 5.65 Å². The van der Waals surface area contributed by atoms with Crippen LogP contribution < -0.4 is 10.0 Å². The first-order valence-electron chi connectivity index (χ1n) is 6.87. The number of sulfonamides is 1. The number of rotatable bonds is 4. The third-order valence-electron chi connectivity index (χ3n) is 3.69. The maximum atomic E-state index is 12.7. The Morgan fingerprint density at radius 3 is 2.86 bits per heavy atom. The van der Waals surface area contributed by atoms with Gasteiger partial charge in [-0.15, -0.1) is 0 Å². The first kappa shape index (κ1) is 14.3. The topological polar surface area (TPSA) is 78.7 Å². The monoisotopic (exact) mass is 309 g/mol. The van der Waals surface area contributed by atoms with Crippen LogP contribution >= 0.6 is 0 Å². The molecule has 114 valence electrons. The number of likely N-dealkylation sites (tertiary alicyclic amines) is 1. The fourth-order valence-electron chi connectivity index (χ4n) is 2.70. The summed E-state index contributed by atoms with van der Waals surface area (Å²) in [4.78, 5) is 6.42. The molecule has 21 heavy (non-hydrogen) atoms. The minimum Gasteiger partial charge on any atom is -0.371 e. The van der Waals surface area contributed by atoms with Crippen molar-refractivity contribution in [1.29, 1.82) is 0 Å². The number of hydrogen-bond donors (Lipinski definition) is 2. The molecule has 1 atom stereocenters. The molecule has 0 radical (unpaired) electrons. The Balaban J connectivity index is 2.01. The summed E-state index contributed by atoms with van der Waals surface area (Å²) in [5, 5.41) is 3.03. The van der Waals surface area contributed by atoms with E-state index in [1.165, 1.54) is 0 Å². The Bertz CT molecular complexity index is 755. The highest BCUT2D eigenvalue weighted by atomic mass is 32.2. The lowest BCUT2D eigenvalue weighted by Gasteiger charge is -2.14. The standard InChI is InChI=1S/C13H19N5O2S/c1-14-12-13(18-7-4-3-5-11(18)15-12)21(19,20)16-10-6-8-17(2)9-10/h3-5,7,10,14,16H,6,8-9H2,1-2H3. The molecule has 1 aliphatic heterocycles. The molecule has 3 heterocycles. The molecule has 3 rings (SSSR count). The van der Waals surface area contributed by atoms with Gasteiger partial charge in [-0.3, -0.25) is 4.40 Å². The van der Waals surface area contributed by atoms with Crippen molar-refractivity contribution in [2.75, 3.05) is 32.5 Å². The van der Waals surface area contributed by atoms with Crippen molar-refractivity contribution in [2.24, 2.45) is 0 Å². The van der Waals surface area contributed by atoms with Gasteiger partial charge in [0.15, 0.2) is 10.8 Å². The smallest absolute Gasteiger partial charge is 0.260 e. The number of nitrogens with one attached hydrogen (secondary N) is 2. The van der Waals surface area contributed by atoms with Crippen LogP contribution in [0.4, 0.5) is 5.82 Å². The molecule has 8 heteroatoms. The number of imidazole rings is 1. The second kappa shape index (κ2) is 5.28. The van der Waals surface area contributed by atoms with E-state index in [2.05, 4.69) is 19.9 Å². The fraction of sp³-hybridized carbons (Fsp3) is 0.462. The molecule has 1 unspecified atom stereocenters. The number of pyridine rings is 1. The zero-order valence-corrected chi connectivity index (χ0v) is 12.9. The lowest BCUT2D eigenvalue weighted by atomic mass is 10.3. The molecular formula is C13H19N5O2S. The first-order valence-corrected chi connectivity index (χ1v) is 8.35. The normalized spacial score (nSPS) is 20.2. The van der Waals surface area contributed by atoms with E-state index in [-0.39, 0.29) is 11.1 Å². The Morgan fingerprint density at radius 2 is 2.19 bits per heavy atom. The Morgan fingerprint density at radius 1 is 1.38 bits per heavy atom. The van der Waals surface area contributed by atoms with Crippen LogP contribution in [0.25, 0.3) is 5.65 Å². The van der Waals surface area contributed by atoms with Crippen molar-refractivity contribution in [2.45, 2.75) is 17.5 Å². The van der Waals surface area contributed by atoms with E-state index in [9.17, 15) is 8.42 Å². The summed E-state index contributed by atoms with van der Waals surface area (Å²) in [6.45, 7) is 1.63. The number of nitrogens with zero attached hydrogens (tertiary/aromatic N) is 3. The molecule has 0 spiro atoms. The average molecular weight is 309 g/mol. The van der Waals surface area contributed by atoms with E-state index in [1.54, 1.807) is 29.8 Å². The van der Waals surface area contributed by atoms with Crippen molar-refractivity contribution < 1.29 is 8.42 Å². The zero-order chi connectivity index (χ0) is 15.0. The highest BCUT2D eigenvalue weighted by Gasteiger charge is 2.30. The van der Waals surface area contributed by atoms with Gasteiger partial charge in [0, 0.05) is 25.8 Å². The summed E-state index contributed by atoms with van der Waals surface area (Å²) in [5.74, 6) is 0.361.